The van der Waals surface area contributed by atoms with E-state index in [1.807, 2.05) is 12.2 Å². The van der Waals surface area contributed by atoms with Crippen LogP contribution < -0.4 is 0 Å². The van der Waals surface area contributed by atoms with Gasteiger partial charge in [-0.2, -0.15) is 0 Å². The van der Waals surface area contributed by atoms with Crippen LogP contribution in [0.25, 0.3) is 0 Å². The molecule has 0 unspecified atom stereocenters. The molecular weight excluding hydrogens is 829 g/mol. The minimum absolute atomic E-state index is 0.146. The smallest absolute Gasteiger partial charge is 0.306 e. The molecule has 0 spiro atoms. The summed E-state index contributed by atoms with van der Waals surface area (Å²) in [7, 11) is 0. The van der Waals surface area contributed by atoms with Crippen LogP contribution in [0.3, 0.4) is 0 Å². The van der Waals surface area contributed by atoms with E-state index >= 15 is 0 Å². The summed E-state index contributed by atoms with van der Waals surface area (Å²) in [6.07, 6.45) is 78.1. The third kappa shape index (κ3) is 51.9. The molecule has 0 aromatic carbocycles. The first kappa shape index (κ1) is 62.0. The summed E-state index contributed by atoms with van der Waals surface area (Å²) in [5.41, 5.74) is 0. The average molecular weight is 921 g/mol. The highest BCUT2D eigenvalue weighted by Crippen LogP contribution is 2.09. The molecule has 0 radical (unpaired) electrons. The van der Waals surface area contributed by atoms with Gasteiger partial charge in [0.1, 0.15) is 13.2 Å². The number of esters is 3. The first-order valence-electron chi connectivity index (χ1n) is 26.0. The first-order chi connectivity index (χ1) is 33.0. The van der Waals surface area contributed by atoms with Gasteiger partial charge in [-0.1, -0.05) is 192 Å². The van der Waals surface area contributed by atoms with Crippen LogP contribution in [-0.2, 0) is 28.6 Å². The van der Waals surface area contributed by atoms with Crippen LogP contribution in [-0.4, -0.2) is 37.2 Å². The number of hydrogen-bond acceptors (Lipinski definition) is 6. The second-order valence-electron chi connectivity index (χ2n) is 16.3. The molecule has 0 fully saturated rings. The number of carbonyl (C=O) groups excluding carboxylic acids is 3. The van der Waals surface area contributed by atoms with Crippen molar-refractivity contribution in [3.63, 3.8) is 0 Å². The zero-order chi connectivity index (χ0) is 48.6. The van der Waals surface area contributed by atoms with E-state index in [0.717, 1.165) is 103 Å². The molecule has 0 saturated heterocycles. The van der Waals surface area contributed by atoms with Crippen molar-refractivity contribution in [3.8, 4) is 0 Å². The van der Waals surface area contributed by atoms with E-state index in [2.05, 4.69) is 167 Å². The molecule has 0 aliphatic rings. The van der Waals surface area contributed by atoms with Crippen molar-refractivity contribution in [1.29, 1.82) is 0 Å². The highest BCUT2D eigenvalue weighted by molar-refractivity contribution is 5.71. The Balaban J connectivity index is 4.66. The van der Waals surface area contributed by atoms with E-state index in [-0.39, 0.29) is 50.4 Å². The van der Waals surface area contributed by atoms with E-state index in [1.54, 1.807) is 0 Å². The summed E-state index contributed by atoms with van der Waals surface area (Å²) in [5.74, 6) is -1.12. The molecule has 6 heteroatoms. The van der Waals surface area contributed by atoms with E-state index in [9.17, 15) is 14.4 Å². The number of rotatable bonds is 44. The predicted octanol–water partition coefficient (Wildman–Crippen LogP) is 17.4. The molecule has 0 amide bonds. The second kappa shape index (κ2) is 53.6. The van der Waals surface area contributed by atoms with Gasteiger partial charge in [-0.3, -0.25) is 14.4 Å². The summed E-state index contributed by atoms with van der Waals surface area (Å²) in [6.45, 7) is 6.21. The minimum atomic E-state index is -0.854. The fraction of sp³-hybridized carbons (Fsp3) is 0.525. The molecule has 0 bridgehead atoms. The lowest BCUT2D eigenvalue weighted by molar-refractivity contribution is -0.166. The molecule has 1 atom stereocenters. The highest BCUT2D eigenvalue weighted by Gasteiger charge is 2.19. The Morgan fingerprint density at radius 3 is 0.940 bits per heavy atom. The SMILES string of the molecule is CC/C=C\C/C=C\C/C=C\C/C=C\C/C=C\C/C=C\CCC(=O)OC[C@@H](COC(=O)CCCC/C=C\C/C=C\C/C=C\CCCCC)OC(=O)CCCC/C=C\C/C=C\C/C=C\C/C=C\CC. The monoisotopic (exact) mass is 921 g/mol. The van der Waals surface area contributed by atoms with Crippen molar-refractivity contribution in [2.75, 3.05) is 13.2 Å². The topological polar surface area (TPSA) is 78.9 Å². The van der Waals surface area contributed by atoms with Gasteiger partial charge in [0.2, 0.25) is 0 Å². The largest absolute Gasteiger partial charge is 0.462 e. The van der Waals surface area contributed by atoms with Crippen LogP contribution in [0.15, 0.2) is 158 Å². The van der Waals surface area contributed by atoms with E-state index in [4.69, 9.17) is 14.2 Å². The van der Waals surface area contributed by atoms with Crippen LogP contribution in [0, 0.1) is 0 Å². The molecule has 6 nitrogen and oxygen atoms in total. The van der Waals surface area contributed by atoms with E-state index in [1.165, 1.54) is 25.7 Å². The van der Waals surface area contributed by atoms with Gasteiger partial charge >= 0.3 is 17.9 Å². The third-order valence-electron chi connectivity index (χ3n) is 10.0. The number of ether oxygens (including phenoxy) is 3. The zero-order valence-electron chi connectivity index (χ0n) is 42.3. The van der Waals surface area contributed by atoms with Gasteiger partial charge in [-0.05, 0) is 135 Å². The second-order valence-corrected chi connectivity index (χ2v) is 16.3. The van der Waals surface area contributed by atoms with Crippen molar-refractivity contribution < 1.29 is 28.6 Å². The van der Waals surface area contributed by atoms with Crippen molar-refractivity contribution in [2.45, 2.75) is 194 Å². The van der Waals surface area contributed by atoms with Crippen LogP contribution in [0.1, 0.15) is 188 Å². The van der Waals surface area contributed by atoms with Crippen molar-refractivity contribution in [2.24, 2.45) is 0 Å². The van der Waals surface area contributed by atoms with Crippen molar-refractivity contribution in [1.82, 2.24) is 0 Å². The molecule has 0 aromatic rings. The van der Waals surface area contributed by atoms with Crippen LogP contribution in [0.2, 0.25) is 0 Å². The molecule has 0 aromatic heterocycles. The van der Waals surface area contributed by atoms with Crippen molar-refractivity contribution >= 4 is 17.9 Å². The minimum Gasteiger partial charge on any atom is -0.462 e. The summed E-state index contributed by atoms with van der Waals surface area (Å²) >= 11 is 0. The lowest BCUT2D eigenvalue weighted by Crippen LogP contribution is -2.30. The maximum Gasteiger partial charge on any atom is 0.306 e. The molecule has 0 heterocycles. The Hall–Kier alpha value is -4.97. The molecule has 0 saturated carbocycles. The maximum absolute atomic E-state index is 12.8. The molecule has 0 aliphatic heterocycles. The van der Waals surface area contributed by atoms with Gasteiger partial charge in [0, 0.05) is 19.3 Å². The highest BCUT2D eigenvalue weighted by atomic mass is 16.6. The van der Waals surface area contributed by atoms with Gasteiger partial charge in [-0.15, -0.1) is 0 Å². The van der Waals surface area contributed by atoms with Gasteiger partial charge in [0.15, 0.2) is 6.10 Å². The van der Waals surface area contributed by atoms with Crippen LogP contribution >= 0.6 is 0 Å². The Bertz CT molecular complexity index is 1570. The summed E-state index contributed by atoms with van der Waals surface area (Å²) in [4.78, 5) is 38.0. The zero-order valence-corrected chi connectivity index (χ0v) is 42.3. The number of unbranched alkanes of at least 4 members (excludes halogenated alkanes) is 7. The predicted molar refractivity (Wildman–Crippen MR) is 288 cm³/mol. The van der Waals surface area contributed by atoms with Crippen LogP contribution in [0.5, 0.6) is 0 Å². The molecule has 0 N–H and O–H groups in total. The number of carbonyl (C=O) groups is 3. The standard InChI is InChI=1S/C61H92O6/c1-4-7-10-13-16-19-22-25-28-29-30-31-34-36-39-42-45-48-51-54-60(63)66-57-58(67-61(64)55-52-49-46-43-40-37-33-27-24-21-18-15-12-9-6-3)56-65-59(62)53-50-47-44-41-38-35-32-26-23-20-17-14-11-8-5-2/h7,9-10,12,16-21,25-28,30-33,36,38-41,43,45,48,58H,4-6,8,11,13-15,22-24,29,34-35,37,42,44,46-47,49-57H2,1-3H3/b10-7-,12-9-,19-16-,20-17-,21-18-,28-25-,31-30-,32-26-,33-27-,39-36-,41-38-,43-40-,48-45-/t58-/m1/s1. The molecule has 67 heavy (non-hydrogen) atoms. The Labute approximate surface area is 409 Å². The van der Waals surface area contributed by atoms with E-state index in [0.29, 0.717) is 19.3 Å². The quantitative estimate of drug-likeness (QED) is 0.0262. The van der Waals surface area contributed by atoms with Gasteiger partial charge < -0.3 is 14.2 Å². The molecule has 0 aliphatic carbocycles. The Kier molecular flexibility index (Phi) is 49.7. The van der Waals surface area contributed by atoms with Crippen LogP contribution in [0.4, 0.5) is 0 Å². The molecular formula is C61H92O6. The molecule has 0 rings (SSSR count). The van der Waals surface area contributed by atoms with E-state index < -0.39 is 6.10 Å². The lowest BCUT2D eigenvalue weighted by atomic mass is 10.1. The lowest BCUT2D eigenvalue weighted by Gasteiger charge is -2.18. The fourth-order valence-electron chi connectivity index (χ4n) is 6.17. The van der Waals surface area contributed by atoms with Gasteiger partial charge in [0.05, 0.1) is 0 Å². The molecule has 372 valence electrons. The summed E-state index contributed by atoms with van der Waals surface area (Å²) in [6, 6.07) is 0. The third-order valence-corrected chi connectivity index (χ3v) is 10.0. The number of hydrogen-bond donors (Lipinski definition) is 0. The fourth-order valence-corrected chi connectivity index (χ4v) is 6.17. The summed E-state index contributed by atoms with van der Waals surface area (Å²) < 4.78 is 16.7. The first-order valence-corrected chi connectivity index (χ1v) is 26.0. The average Bonchev–Trinajstić information content (AvgIpc) is 3.33. The van der Waals surface area contributed by atoms with Gasteiger partial charge in [-0.25, -0.2) is 0 Å². The number of allylic oxidation sites excluding steroid dienone is 26. The Morgan fingerprint density at radius 2 is 0.597 bits per heavy atom. The Morgan fingerprint density at radius 1 is 0.313 bits per heavy atom. The maximum atomic E-state index is 12.8. The summed E-state index contributed by atoms with van der Waals surface area (Å²) in [5, 5.41) is 0. The normalized spacial score (nSPS) is 13.4. The van der Waals surface area contributed by atoms with Gasteiger partial charge in [0.25, 0.3) is 0 Å². The van der Waals surface area contributed by atoms with Crippen molar-refractivity contribution in [3.05, 3.63) is 158 Å².